The quantitative estimate of drug-likeness (QED) is 0.563. The van der Waals surface area contributed by atoms with E-state index in [0.29, 0.717) is 17.2 Å². The maximum absolute atomic E-state index is 13.2. The predicted octanol–water partition coefficient (Wildman–Crippen LogP) is 5.24. The Morgan fingerprint density at radius 2 is 2.06 bits per heavy atom. The third-order valence-corrected chi connectivity index (χ3v) is 7.28. The summed E-state index contributed by atoms with van der Waals surface area (Å²) < 4.78 is 7.83. The molecular weight excluding hydrogens is 434 g/mol. The van der Waals surface area contributed by atoms with Gasteiger partial charge in [0.1, 0.15) is 0 Å². The fraction of sp³-hybridized carbons (Fsp3) is 0.409. The molecule has 3 aromatic rings. The first-order chi connectivity index (χ1) is 14.8. The summed E-state index contributed by atoms with van der Waals surface area (Å²) in [4.78, 5) is 17.9. The Morgan fingerprint density at radius 3 is 2.81 bits per heavy atom. The summed E-state index contributed by atoms with van der Waals surface area (Å²) in [5.41, 5.74) is 3.16. The molecular formula is C22H24ClN5O2S. The molecule has 5 rings (SSSR count). The van der Waals surface area contributed by atoms with Crippen molar-refractivity contribution in [2.75, 3.05) is 6.61 Å². The third kappa shape index (κ3) is 3.77. The number of ether oxygens (including phenoxy) is 1. The first kappa shape index (κ1) is 20.6. The first-order valence-corrected chi connectivity index (χ1v) is 11.6. The molecule has 0 aliphatic carbocycles. The molecule has 2 aliphatic rings. The highest BCUT2D eigenvalue weighted by atomic mass is 35.5. The summed E-state index contributed by atoms with van der Waals surface area (Å²) in [6.45, 7) is 6.82. The Kier molecular flexibility index (Phi) is 5.11. The van der Waals surface area contributed by atoms with Crippen LogP contribution in [-0.2, 0) is 4.74 Å². The van der Waals surface area contributed by atoms with Crippen molar-refractivity contribution in [1.29, 1.82) is 0 Å². The maximum Gasteiger partial charge on any atom is 0.271 e. The van der Waals surface area contributed by atoms with Crippen LogP contribution >= 0.6 is 23.4 Å². The van der Waals surface area contributed by atoms with Crippen molar-refractivity contribution in [2.45, 2.75) is 50.5 Å². The number of fused-ring (bicyclic) bond motifs is 1. The molecule has 4 heterocycles. The van der Waals surface area contributed by atoms with E-state index in [4.69, 9.17) is 21.3 Å². The fourth-order valence-electron chi connectivity index (χ4n) is 4.45. The average molecular weight is 458 g/mol. The van der Waals surface area contributed by atoms with E-state index in [-0.39, 0.29) is 22.5 Å². The standard InChI is InChI=1S/C22H24ClN5O2S/c1-12-25-20-17(21(29)27-28(20)15-8-9-30-22(2,3)10-15)19(31-12)16-11-24-26-18(16)13-4-6-14(23)7-5-13/h4-7,11,15,19H,8-10H2,1-3H3,(H,24,26)(H,27,29)/t15-,19-/m0/s1. The first-order valence-electron chi connectivity index (χ1n) is 10.3. The summed E-state index contributed by atoms with van der Waals surface area (Å²) in [5, 5.41) is 11.9. The molecule has 7 nitrogen and oxygen atoms in total. The van der Waals surface area contributed by atoms with Crippen LogP contribution in [0.4, 0.5) is 5.82 Å². The monoisotopic (exact) mass is 457 g/mol. The van der Waals surface area contributed by atoms with E-state index in [2.05, 4.69) is 29.1 Å². The summed E-state index contributed by atoms with van der Waals surface area (Å²) >= 11 is 7.64. The van der Waals surface area contributed by atoms with Gasteiger partial charge in [-0.1, -0.05) is 35.5 Å². The Labute approximate surface area is 189 Å². The Hall–Kier alpha value is -2.29. The molecule has 0 amide bonds. The van der Waals surface area contributed by atoms with E-state index in [9.17, 15) is 4.79 Å². The minimum absolute atomic E-state index is 0.101. The molecule has 0 radical (unpaired) electrons. The van der Waals surface area contributed by atoms with Gasteiger partial charge in [0.15, 0.2) is 5.82 Å². The van der Waals surface area contributed by atoms with Gasteiger partial charge < -0.3 is 4.74 Å². The number of hydrogen-bond donors (Lipinski definition) is 2. The number of rotatable bonds is 3. The summed E-state index contributed by atoms with van der Waals surface area (Å²) in [6.07, 6.45) is 3.46. The number of benzene rings is 1. The number of thioether (sulfide) groups is 1. The van der Waals surface area contributed by atoms with Gasteiger partial charge in [-0.25, -0.2) is 4.99 Å². The van der Waals surface area contributed by atoms with E-state index in [1.165, 1.54) is 0 Å². The lowest BCUT2D eigenvalue weighted by Crippen LogP contribution is -2.35. The molecule has 1 fully saturated rings. The van der Waals surface area contributed by atoms with Crippen LogP contribution in [0, 0.1) is 0 Å². The zero-order chi connectivity index (χ0) is 21.8. The molecule has 2 aliphatic heterocycles. The number of halogens is 1. The van der Waals surface area contributed by atoms with Crippen LogP contribution in [0.3, 0.4) is 0 Å². The number of nitrogens with zero attached hydrogens (tertiary/aromatic N) is 3. The molecule has 1 aromatic carbocycles. The Morgan fingerprint density at radius 1 is 1.29 bits per heavy atom. The SMILES string of the molecule is CC1=Nc2c(c(=O)[nH]n2[C@H]2CCOC(C)(C)C2)[C@H](c2cn[nH]c2-c2ccc(Cl)cc2)S1. The summed E-state index contributed by atoms with van der Waals surface area (Å²) in [5.74, 6) is 0.720. The number of aromatic amines is 2. The molecule has 0 bridgehead atoms. The Bertz CT molecular complexity index is 1210. The van der Waals surface area contributed by atoms with Gasteiger partial charge in [0.25, 0.3) is 5.56 Å². The predicted molar refractivity (Wildman–Crippen MR) is 125 cm³/mol. The molecule has 2 atom stereocenters. The van der Waals surface area contributed by atoms with Gasteiger partial charge in [-0.15, -0.1) is 0 Å². The lowest BCUT2D eigenvalue weighted by molar-refractivity contribution is -0.0705. The van der Waals surface area contributed by atoms with E-state index in [1.54, 1.807) is 18.0 Å². The fourth-order valence-corrected chi connectivity index (χ4v) is 5.70. The van der Waals surface area contributed by atoms with Crippen LogP contribution in [-0.4, -0.2) is 37.2 Å². The number of hydrogen-bond acceptors (Lipinski definition) is 5. The highest BCUT2D eigenvalue weighted by molar-refractivity contribution is 8.14. The highest BCUT2D eigenvalue weighted by Gasteiger charge is 2.36. The highest BCUT2D eigenvalue weighted by Crippen LogP contribution is 2.47. The molecule has 2 aromatic heterocycles. The number of aliphatic imine (C=N–C) groups is 1. The van der Waals surface area contributed by atoms with E-state index in [1.807, 2.05) is 35.9 Å². The Balaban J connectivity index is 1.59. The van der Waals surface area contributed by atoms with Crippen molar-refractivity contribution in [2.24, 2.45) is 4.99 Å². The van der Waals surface area contributed by atoms with Crippen molar-refractivity contribution in [3.8, 4) is 11.3 Å². The average Bonchev–Trinajstić information content (AvgIpc) is 3.32. The van der Waals surface area contributed by atoms with Crippen LogP contribution in [0.1, 0.15) is 56.0 Å². The molecule has 0 spiro atoms. The largest absolute Gasteiger partial charge is 0.375 e. The van der Waals surface area contributed by atoms with Crippen LogP contribution < -0.4 is 5.56 Å². The second-order valence-corrected chi connectivity index (χ2v) is 10.4. The van der Waals surface area contributed by atoms with Crippen LogP contribution in [0.15, 0.2) is 40.2 Å². The van der Waals surface area contributed by atoms with Gasteiger partial charge in [-0.3, -0.25) is 19.7 Å². The van der Waals surface area contributed by atoms with E-state index in [0.717, 1.165) is 40.5 Å². The van der Waals surface area contributed by atoms with Gasteiger partial charge in [0, 0.05) is 17.2 Å². The minimum Gasteiger partial charge on any atom is -0.375 e. The van der Waals surface area contributed by atoms with Crippen LogP contribution in [0.25, 0.3) is 11.3 Å². The van der Waals surface area contributed by atoms with Crippen LogP contribution in [0.5, 0.6) is 0 Å². The minimum atomic E-state index is -0.231. The summed E-state index contributed by atoms with van der Waals surface area (Å²) in [7, 11) is 0. The van der Waals surface area contributed by atoms with E-state index >= 15 is 0 Å². The lowest BCUT2D eigenvalue weighted by Gasteiger charge is -2.36. The van der Waals surface area contributed by atoms with Gasteiger partial charge in [-0.05, 0) is 51.3 Å². The number of aromatic nitrogens is 4. The lowest BCUT2D eigenvalue weighted by atomic mass is 9.94. The molecule has 0 saturated carbocycles. The van der Waals surface area contributed by atoms with Crippen molar-refractivity contribution < 1.29 is 4.74 Å². The van der Waals surface area contributed by atoms with Crippen molar-refractivity contribution >= 4 is 34.2 Å². The maximum atomic E-state index is 13.2. The smallest absolute Gasteiger partial charge is 0.271 e. The topological polar surface area (TPSA) is 88.1 Å². The normalized spacial score (nSPS) is 22.8. The number of nitrogens with one attached hydrogen (secondary N) is 2. The second-order valence-electron chi connectivity index (χ2n) is 8.64. The second kappa shape index (κ2) is 7.69. The molecule has 31 heavy (non-hydrogen) atoms. The van der Waals surface area contributed by atoms with Crippen molar-refractivity contribution in [3.63, 3.8) is 0 Å². The summed E-state index contributed by atoms with van der Waals surface area (Å²) in [6, 6.07) is 7.75. The third-order valence-electron chi connectivity index (χ3n) is 5.87. The molecule has 162 valence electrons. The van der Waals surface area contributed by atoms with Crippen molar-refractivity contribution in [1.82, 2.24) is 20.0 Å². The van der Waals surface area contributed by atoms with Gasteiger partial charge >= 0.3 is 0 Å². The molecule has 2 N–H and O–H groups in total. The van der Waals surface area contributed by atoms with E-state index < -0.39 is 0 Å². The van der Waals surface area contributed by atoms with Gasteiger partial charge in [0.05, 0.1) is 39.4 Å². The zero-order valence-electron chi connectivity index (χ0n) is 17.6. The van der Waals surface area contributed by atoms with Crippen molar-refractivity contribution in [3.05, 3.63) is 57.0 Å². The van der Waals surface area contributed by atoms with Crippen LogP contribution in [0.2, 0.25) is 5.02 Å². The van der Waals surface area contributed by atoms with Gasteiger partial charge in [0.2, 0.25) is 0 Å². The van der Waals surface area contributed by atoms with Gasteiger partial charge in [-0.2, -0.15) is 5.10 Å². The number of H-pyrrole nitrogens is 2. The molecule has 0 unspecified atom stereocenters. The molecule has 1 saturated heterocycles. The zero-order valence-corrected chi connectivity index (χ0v) is 19.2. The molecule has 9 heteroatoms.